The molecule has 0 spiro atoms. The first-order chi connectivity index (χ1) is 11.3. The van der Waals surface area contributed by atoms with Gasteiger partial charge >= 0.3 is 73.2 Å². The van der Waals surface area contributed by atoms with Gasteiger partial charge in [-0.1, -0.05) is 60.7 Å². The van der Waals surface area contributed by atoms with Gasteiger partial charge in [0.25, 0.3) is 0 Å². The predicted octanol–water partition coefficient (Wildman–Crippen LogP) is 11.1. The van der Waals surface area contributed by atoms with Gasteiger partial charge in [0.1, 0.15) is 22.7 Å². The molecule has 0 N–H and O–H groups in total. The number of halogens is 7. The number of rotatable bonds is 2. The molecule has 0 amide bonds. The van der Waals surface area contributed by atoms with E-state index in [2.05, 4.69) is 48.5 Å². The van der Waals surface area contributed by atoms with Crippen LogP contribution in [-0.2, 0) is 0 Å². The van der Waals surface area contributed by atoms with Crippen LogP contribution in [0.3, 0.4) is 0 Å². The Morgan fingerprint density at radius 3 is 1.52 bits per heavy atom. The maximum absolute atomic E-state index is 6.20. The van der Waals surface area contributed by atoms with Crippen molar-refractivity contribution >= 4 is 104 Å². The Balaban J connectivity index is 0.000000277. The van der Waals surface area contributed by atoms with Gasteiger partial charge in [-0.3, -0.25) is 0 Å². The monoisotopic (exact) mass is 530 g/mol. The van der Waals surface area contributed by atoms with Crippen molar-refractivity contribution in [3.05, 3.63) is 64.3 Å². The van der Waals surface area contributed by atoms with Crippen LogP contribution >= 0.6 is 104 Å². The van der Waals surface area contributed by atoms with Crippen LogP contribution in [0.2, 0.25) is 3.65 Å². The molecule has 3 rings (SSSR count). The standard InChI is InChI=1S/C15H10ClS2.Cl6P/c16-15-17-13(11-7-3-1-4-8-11)14(18-15)12-9-5-2-6-10-12;1-7(2,3,4,5)6/h1-10H;/q+1;-1. The van der Waals surface area contributed by atoms with E-state index in [0.29, 0.717) is 0 Å². The second-order valence-corrected chi connectivity index (χ2v) is 32.8. The molecular formula is C15H10Cl7PS2. The van der Waals surface area contributed by atoms with Gasteiger partial charge in [-0.25, -0.2) is 0 Å². The third-order valence-electron chi connectivity index (χ3n) is 2.64. The molecule has 3 aromatic rings. The molecule has 0 unspecified atom stereocenters. The number of benzene rings is 2. The summed E-state index contributed by atoms with van der Waals surface area (Å²) in [6.07, 6.45) is 0. The van der Waals surface area contributed by atoms with Crippen LogP contribution in [0.4, 0.5) is 0 Å². The molecule has 10 heteroatoms. The second kappa shape index (κ2) is 7.76. The quantitative estimate of drug-likeness (QED) is 0.227. The van der Waals surface area contributed by atoms with E-state index in [4.69, 9.17) is 79.0 Å². The molecule has 0 aliphatic carbocycles. The van der Waals surface area contributed by atoms with Gasteiger partial charge in [0.2, 0.25) is 0 Å². The molecule has 1 aromatic heterocycles. The summed E-state index contributed by atoms with van der Waals surface area (Å²) in [7, 11) is 0. The van der Waals surface area contributed by atoms with Gasteiger partial charge in [-0.05, 0) is 11.6 Å². The molecule has 136 valence electrons. The Bertz CT molecular complexity index is 776. The molecule has 0 saturated carbocycles. The molecule has 0 bridgehead atoms. The van der Waals surface area contributed by atoms with Crippen molar-refractivity contribution < 1.29 is 0 Å². The minimum atomic E-state index is -4.82. The van der Waals surface area contributed by atoms with Gasteiger partial charge in [0, 0.05) is 11.1 Å². The summed E-state index contributed by atoms with van der Waals surface area (Å²) in [5.41, 5.74) is 2.45. The fraction of sp³-hybridized carbons (Fsp3) is 0. The third kappa shape index (κ3) is 9.63. The second-order valence-electron chi connectivity index (χ2n) is 4.79. The molecule has 0 atom stereocenters. The molecule has 2 aromatic carbocycles. The zero-order valence-corrected chi connectivity index (χ0v) is 20.0. The molecular weight excluding hydrogens is 523 g/mol. The van der Waals surface area contributed by atoms with Crippen molar-refractivity contribution in [2.75, 3.05) is 0 Å². The minimum absolute atomic E-state index is 0.868. The number of hydrogen-bond acceptors (Lipinski definition) is 1. The van der Waals surface area contributed by atoms with E-state index < -0.39 is 2.06 Å². The SMILES string of the molecule is Cl[P-](Cl)(Cl)(Cl)(Cl)Cl.Clc1sc(-c2ccccc2)c(-c2ccccc2)[s+]1. The van der Waals surface area contributed by atoms with Crippen molar-refractivity contribution in [1.29, 1.82) is 0 Å². The van der Waals surface area contributed by atoms with Gasteiger partial charge in [0.15, 0.2) is 9.75 Å². The molecule has 0 fully saturated rings. The minimum Gasteiger partial charge on any atom is -0.0622 e. The molecule has 0 radical (unpaired) electrons. The summed E-state index contributed by atoms with van der Waals surface area (Å²) < 4.78 is -3.96. The van der Waals surface area contributed by atoms with Crippen LogP contribution in [0.25, 0.3) is 20.9 Å². The molecule has 0 saturated heterocycles. The summed E-state index contributed by atoms with van der Waals surface area (Å²) in [5, 5.41) is 0. The normalized spacial score (nSPS) is 14.0. The van der Waals surface area contributed by atoms with Crippen molar-refractivity contribution in [1.82, 2.24) is 0 Å². The van der Waals surface area contributed by atoms with Crippen LogP contribution in [0.5, 0.6) is 0 Å². The number of hydrogen-bond donors (Lipinski definition) is 0. The summed E-state index contributed by atoms with van der Waals surface area (Å²) in [4.78, 5) is 2.49. The fourth-order valence-electron chi connectivity index (χ4n) is 1.83. The van der Waals surface area contributed by atoms with E-state index >= 15 is 0 Å². The third-order valence-corrected chi connectivity index (χ3v) is 5.34. The average molecular weight is 534 g/mol. The van der Waals surface area contributed by atoms with Crippen molar-refractivity contribution in [2.24, 2.45) is 0 Å². The summed E-state index contributed by atoms with van der Waals surface area (Å²) in [6.45, 7) is 0. The Morgan fingerprint density at radius 2 is 1.08 bits per heavy atom. The first-order valence-corrected chi connectivity index (χ1v) is 16.7. The predicted molar refractivity (Wildman–Crippen MR) is 125 cm³/mol. The van der Waals surface area contributed by atoms with Crippen molar-refractivity contribution in [3.63, 3.8) is 0 Å². The van der Waals surface area contributed by atoms with E-state index in [1.165, 1.54) is 20.9 Å². The van der Waals surface area contributed by atoms with Gasteiger partial charge in [0.05, 0.1) is 0 Å². The van der Waals surface area contributed by atoms with Crippen molar-refractivity contribution in [2.45, 2.75) is 0 Å². The topological polar surface area (TPSA) is 0 Å². The maximum atomic E-state index is 6.20. The Hall–Kier alpha value is 0.950. The zero-order valence-electron chi connectivity index (χ0n) is 12.2. The van der Waals surface area contributed by atoms with E-state index in [0.717, 1.165) is 3.65 Å². The molecule has 1 heterocycles. The van der Waals surface area contributed by atoms with Crippen LogP contribution < -0.4 is 0 Å². The van der Waals surface area contributed by atoms with E-state index in [1.807, 2.05) is 12.1 Å². The van der Waals surface area contributed by atoms with Crippen LogP contribution in [0.1, 0.15) is 0 Å². The molecule has 0 aliphatic heterocycles. The largest absolute Gasteiger partial charge is 0.348 e. The Labute approximate surface area is 187 Å². The Morgan fingerprint density at radius 1 is 0.680 bits per heavy atom. The average Bonchev–Trinajstić information content (AvgIpc) is 2.88. The van der Waals surface area contributed by atoms with Gasteiger partial charge in [-0.15, -0.1) is 0 Å². The summed E-state index contributed by atoms with van der Waals surface area (Å²) in [6, 6.07) is 20.8. The first-order valence-electron chi connectivity index (χ1n) is 6.59. The van der Waals surface area contributed by atoms with Gasteiger partial charge in [-0.2, -0.15) is 0 Å². The van der Waals surface area contributed by atoms with E-state index in [1.54, 1.807) is 22.7 Å². The van der Waals surface area contributed by atoms with Gasteiger partial charge < -0.3 is 0 Å². The smallest absolute Gasteiger partial charge is 0.0622 e. The summed E-state index contributed by atoms with van der Waals surface area (Å²) in [5.74, 6) is 0. The zero-order chi connectivity index (χ0) is 18.8. The van der Waals surface area contributed by atoms with Crippen molar-refractivity contribution in [3.8, 4) is 20.9 Å². The molecule has 0 aliphatic rings. The Kier molecular flexibility index (Phi) is 6.90. The fourth-order valence-corrected chi connectivity index (χ4v) is 4.46. The molecule has 0 nitrogen and oxygen atoms in total. The summed E-state index contributed by atoms with van der Waals surface area (Å²) >= 11 is 39.5. The van der Waals surface area contributed by atoms with Crippen LogP contribution in [0, 0.1) is 0 Å². The maximum Gasteiger partial charge on any atom is 0.348 e. The van der Waals surface area contributed by atoms with E-state index in [-0.39, 0.29) is 0 Å². The first kappa shape index (κ1) is 22.2. The van der Waals surface area contributed by atoms with Crippen LogP contribution in [0.15, 0.2) is 60.7 Å². The van der Waals surface area contributed by atoms with E-state index in [9.17, 15) is 0 Å². The molecule has 25 heavy (non-hydrogen) atoms. The van der Waals surface area contributed by atoms with Crippen LogP contribution in [-0.4, -0.2) is 0 Å².